The summed E-state index contributed by atoms with van der Waals surface area (Å²) in [5.74, 6) is 2.19. The fourth-order valence-corrected chi connectivity index (χ4v) is 16.5. The summed E-state index contributed by atoms with van der Waals surface area (Å²) in [6.45, 7) is 11.5. The van der Waals surface area contributed by atoms with E-state index in [9.17, 15) is 38.4 Å². The van der Waals surface area contributed by atoms with Crippen molar-refractivity contribution in [2.45, 2.75) is 108 Å². The number of ether oxygens (including phenoxy) is 6. The predicted molar refractivity (Wildman–Crippen MR) is 586 cm³/mol. The lowest BCUT2D eigenvalue weighted by atomic mass is 9.97. The molecule has 4 aliphatic rings. The zero-order valence-corrected chi connectivity index (χ0v) is 81.8. The fourth-order valence-electron chi connectivity index (χ4n) is 16.1. The molecule has 10 aromatic heterocycles. The van der Waals surface area contributed by atoms with Gasteiger partial charge in [0.05, 0.1) is 119 Å². The molecule has 30 nitrogen and oxygen atoms in total. The lowest BCUT2D eigenvalue weighted by molar-refractivity contribution is -0.0443. The number of pyridine rings is 8. The maximum Gasteiger partial charge on any atom is 0.412 e. The van der Waals surface area contributed by atoms with Crippen LogP contribution in [-0.4, -0.2) is 132 Å². The van der Waals surface area contributed by atoms with E-state index in [1.807, 2.05) is 182 Å². The first-order valence-electron chi connectivity index (χ1n) is 45.8. The van der Waals surface area contributed by atoms with Crippen molar-refractivity contribution in [1.29, 1.82) is 0 Å². The van der Waals surface area contributed by atoms with E-state index in [4.69, 9.17) is 81.4 Å². The van der Waals surface area contributed by atoms with Crippen LogP contribution in [0.4, 0.5) is 16.2 Å². The van der Waals surface area contributed by atoms with Crippen LogP contribution in [0.3, 0.4) is 0 Å². The van der Waals surface area contributed by atoms with Crippen molar-refractivity contribution >= 4 is 109 Å². The number of H-pyrrole nitrogens is 4. The van der Waals surface area contributed by atoms with Crippen LogP contribution in [0.15, 0.2) is 332 Å². The number of aldehydes is 2. The van der Waals surface area contributed by atoms with E-state index in [0.29, 0.717) is 103 Å². The molecule has 148 heavy (non-hydrogen) atoms. The number of benzene rings is 8. The van der Waals surface area contributed by atoms with Gasteiger partial charge < -0.3 is 58.5 Å². The van der Waals surface area contributed by atoms with Gasteiger partial charge in [0.1, 0.15) is 22.2 Å². The van der Waals surface area contributed by atoms with E-state index in [0.717, 1.165) is 155 Å². The summed E-state index contributed by atoms with van der Waals surface area (Å²) in [7, 11) is 1.63. The van der Waals surface area contributed by atoms with E-state index in [1.54, 1.807) is 83.0 Å². The number of aromatic nitrogens is 10. The van der Waals surface area contributed by atoms with Crippen molar-refractivity contribution in [2.75, 3.05) is 57.7 Å². The third-order valence-corrected chi connectivity index (χ3v) is 23.6. The molecule has 0 radical (unpaired) electrons. The van der Waals surface area contributed by atoms with Gasteiger partial charge in [0.15, 0.2) is 36.2 Å². The number of nitrogens with one attached hydrogen (secondary N) is 6. The molecule has 8 aromatic carbocycles. The normalized spacial score (nSPS) is 12.7. The molecule has 4 aliphatic heterocycles. The van der Waals surface area contributed by atoms with Gasteiger partial charge in [-0.1, -0.05) is 271 Å². The van der Waals surface area contributed by atoms with Gasteiger partial charge in [0.2, 0.25) is 5.88 Å². The molecule has 1 amide bonds. The van der Waals surface area contributed by atoms with Crippen LogP contribution in [0.5, 0.6) is 5.88 Å². The molecule has 2 fully saturated rings. The number of Topliss-reactive ketones (excluding diaryl/α,β-unsaturated/α-hetero) is 1. The Kier molecular flexibility index (Phi) is 40.8. The quantitative estimate of drug-likeness (QED) is 0.0253. The highest BCUT2D eigenvalue weighted by molar-refractivity contribution is 8.93. The number of aromatic amines is 4. The second kappa shape index (κ2) is 53.8. The maximum absolute atomic E-state index is 12.4. The fraction of sp³-hybridized carbons (Fsp3) is 0.200. The molecule has 18 aromatic rings. The van der Waals surface area contributed by atoms with Crippen molar-refractivity contribution in [3.05, 3.63) is 417 Å². The van der Waals surface area contributed by atoms with E-state index in [-0.39, 0.29) is 104 Å². The number of hydrogen-bond acceptors (Lipinski definition) is 25. The number of carbonyl (C=O) groups excluding carboxylic acids is 4. The first-order chi connectivity index (χ1) is 69.6. The first kappa shape index (κ1) is 112. The van der Waals surface area contributed by atoms with Crippen LogP contribution in [-0.2, 0) is 62.6 Å². The Morgan fingerprint density at radius 3 is 1.43 bits per heavy atom. The molecule has 762 valence electrons. The SMILES string of the molecule is Br.C.C.C.C.CC(C)(C)OC(=O)Nc1ccnc(Cl)c1C=O.COc1nccc2nc(-c3ccc(C4OCCO4)cc3)c(-c3ccccc3)cc12.Nc1ccnc(Cl)c1.O=C(Cc1ccccc1)c1ccc(C2OCCO2)cc1.O=Cc1ccc(-c2nc3cc[nH]c(=O)c3cc2-c2ccccc2)cc1.O=c1[nH]oc2c1CCN(Cc1ccc(-c3nc4cc[nH]c(=O)c4cc3-c3ccccc3)cc1)C2.O=c1[nH]oc2c1CCNC2. The van der Waals surface area contributed by atoms with Gasteiger partial charge in [-0.15, -0.1) is 17.0 Å². The highest BCUT2D eigenvalue weighted by Crippen LogP contribution is 2.40. The Bertz CT molecular complexity index is 7700. The van der Waals surface area contributed by atoms with Crippen molar-refractivity contribution in [1.82, 2.24) is 60.4 Å². The Balaban J connectivity index is 0.000000169. The number of amides is 1. The molecule has 0 atom stereocenters. The molecular weight excluding hydrogens is 1980 g/mol. The third-order valence-electron chi connectivity index (χ3n) is 23.1. The predicted octanol–water partition coefficient (Wildman–Crippen LogP) is 23.3. The zero-order valence-electron chi connectivity index (χ0n) is 78.6. The van der Waals surface area contributed by atoms with E-state index < -0.39 is 11.7 Å². The van der Waals surface area contributed by atoms with Gasteiger partial charge in [-0.25, -0.2) is 34.7 Å². The molecule has 0 spiro atoms. The summed E-state index contributed by atoms with van der Waals surface area (Å²) in [5.41, 5.74) is 25.9. The first-order valence-corrected chi connectivity index (χ1v) is 46.6. The summed E-state index contributed by atoms with van der Waals surface area (Å²) in [6, 6.07) is 87.4. The number of nitrogen functional groups attached to an aromatic ring is 1. The number of anilines is 2. The van der Waals surface area contributed by atoms with Crippen molar-refractivity contribution in [3.63, 3.8) is 0 Å². The van der Waals surface area contributed by atoms with Crippen LogP contribution in [0.2, 0.25) is 10.3 Å². The molecule has 14 heterocycles. The highest BCUT2D eigenvalue weighted by Gasteiger charge is 2.27. The summed E-state index contributed by atoms with van der Waals surface area (Å²) in [4.78, 5) is 127. The van der Waals surface area contributed by atoms with E-state index in [1.165, 1.54) is 17.8 Å². The van der Waals surface area contributed by atoms with E-state index >= 15 is 0 Å². The average molecular weight is 2100 g/mol. The number of carbonyl (C=O) groups is 4. The highest BCUT2D eigenvalue weighted by atomic mass is 79.9. The Hall–Kier alpha value is -15.9. The minimum Gasteiger partial charge on any atom is -0.481 e. The van der Waals surface area contributed by atoms with Crippen LogP contribution in [0, 0.1) is 0 Å². The number of rotatable bonds is 17. The molecular formula is C115H115BrCl2N14O16. The van der Waals surface area contributed by atoms with Gasteiger partial charge in [-0.05, 0) is 123 Å². The number of nitrogens with zero attached hydrogens (tertiary/aromatic N) is 7. The smallest absolute Gasteiger partial charge is 0.412 e. The number of nitrogens with two attached hydrogens (primary N) is 1. The summed E-state index contributed by atoms with van der Waals surface area (Å²) < 4.78 is 42.8. The Morgan fingerprint density at radius 2 is 0.959 bits per heavy atom. The van der Waals surface area contributed by atoms with Crippen molar-refractivity contribution in [3.8, 4) is 73.0 Å². The molecule has 0 saturated carbocycles. The zero-order chi connectivity index (χ0) is 99.7. The number of halogens is 3. The van der Waals surface area contributed by atoms with Gasteiger partial charge >= 0.3 is 6.09 Å². The largest absolute Gasteiger partial charge is 0.481 e. The maximum atomic E-state index is 12.4. The molecule has 33 heteroatoms. The van der Waals surface area contributed by atoms with Crippen LogP contribution < -0.4 is 43.3 Å². The lowest BCUT2D eigenvalue weighted by Gasteiger charge is -2.25. The molecule has 0 unspecified atom stereocenters. The lowest BCUT2D eigenvalue weighted by Crippen LogP contribution is -2.31. The van der Waals surface area contributed by atoms with Crippen molar-refractivity contribution < 1.29 is 56.6 Å². The second-order valence-corrected chi connectivity index (χ2v) is 34.8. The van der Waals surface area contributed by atoms with Crippen LogP contribution in [0.25, 0.3) is 99.9 Å². The summed E-state index contributed by atoms with van der Waals surface area (Å²) in [5, 5.41) is 12.8. The van der Waals surface area contributed by atoms with Crippen LogP contribution in [0.1, 0.15) is 139 Å². The van der Waals surface area contributed by atoms with E-state index in [2.05, 4.69) is 105 Å². The van der Waals surface area contributed by atoms with Gasteiger partial charge in [-0.3, -0.25) is 43.8 Å². The molecule has 22 rings (SSSR count). The molecule has 8 N–H and O–H groups in total. The van der Waals surface area contributed by atoms with Gasteiger partial charge in [0, 0.05) is 112 Å². The Labute approximate surface area is 875 Å². The second-order valence-electron chi connectivity index (χ2n) is 34.0. The minimum atomic E-state index is -0.650. The number of hydrogen-bond donors (Lipinski definition) is 7. The van der Waals surface area contributed by atoms with Gasteiger partial charge in [0.25, 0.3) is 22.2 Å². The standard InChI is InChI=1S/C27H22N4O3.C24H20N2O3.C21H14N2O2.C17H16O3.C11H13ClN2O3.C6H8N2O2.C5H5ClN2.4CH4.BrH/c32-26-22-14-21(18-4-2-1-3-5-18)25(29-23(22)10-12-28-26)19-8-6-17(7-9-19)15-31-13-11-20-24(16-31)34-30-27(20)33;1-27-23-20-15-19(16-5-3-2-4-6-16)22(26-21(20)11-12-25-23)17-7-9-18(10-8-17)24-28-13-14-29-24;24-13-14-6-8-16(9-7-14)20-17(15-4-2-1-3-5-15)12-18-19(23-20)10-11-22-21(18)25;18-16(12-13-4-2-1-3-5-13)14-6-8-15(9-7-14)17-19-10-11-20-17;1-11(2,3)17-10(16)14-8-4-5-13-9(12)7(8)6-15;9-6-4-1-2-7-3-5(4)10-8-6;6-5-3-4(7)1-2-8-5;;;;;/h1-10,12,14H,11,13,15-16H2,(H,28,32)(H,30,33);2-12,15,24H,13-14H2,1H3;1-13H,(H,22,25);1-9,17H,10-12H2;4-6H,1-3H3,(H,13,14,16);7H,1-3H2,(H,8,9);1-3H,(H2,7,8);4*1H4;1H. The number of fused-ring (bicyclic) bond motifs is 5. The summed E-state index contributed by atoms with van der Waals surface area (Å²) in [6.07, 6.45) is 9.93. The van der Waals surface area contributed by atoms with Crippen LogP contribution >= 0.6 is 40.2 Å². The molecule has 2 saturated heterocycles. The monoisotopic (exact) mass is 2100 g/mol. The summed E-state index contributed by atoms with van der Waals surface area (Å²) >= 11 is 11.2. The third kappa shape index (κ3) is 29.1. The Morgan fingerprint density at radius 1 is 0.500 bits per heavy atom. The number of ketones is 1. The van der Waals surface area contributed by atoms with Gasteiger partial charge in [-0.2, -0.15) is 10.3 Å². The average Bonchev–Trinajstić information content (AvgIpc) is 1.21. The molecule has 0 aliphatic carbocycles. The minimum absolute atomic E-state index is 0. The van der Waals surface area contributed by atoms with Crippen molar-refractivity contribution in [2.24, 2.45) is 0 Å². The molecule has 0 bridgehead atoms. The topological polar surface area (TPSA) is 412 Å². The number of methoxy groups -OCH3 is 1.